The van der Waals surface area contributed by atoms with Gasteiger partial charge in [-0.1, -0.05) is 0 Å². The van der Waals surface area contributed by atoms with Crippen LogP contribution < -0.4 is 11.2 Å². The molecule has 1 fully saturated rings. The van der Waals surface area contributed by atoms with Crippen LogP contribution in [0.3, 0.4) is 0 Å². The number of hydrogen-bond donors (Lipinski definition) is 2. The molecule has 1 unspecified atom stereocenters. The number of amides is 2. The maximum Gasteiger partial charge on any atom is 0.328 e. The van der Waals surface area contributed by atoms with Crippen LogP contribution in [-0.2, 0) is 20.9 Å². The number of carboxylic acid groups (broad SMARTS) is 1. The molecule has 1 aliphatic rings. The number of piperidine rings is 1. The highest BCUT2D eigenvalue weighted by molar-refractivity contribution is 5.85. The molecule has 25 heavy (non-hydrogen) atoms. The van der Waals surface area contributed by atoms with Crippen LogP contribution in [0.4, 0.5) is 0 Å². The average Bonchev–Trinajstić information content (AvgIpc) is 2.57. The van der Waals surface area contributed by atoms with Gasteiger partial charge in [0.05, 0.1) is 12.5 Å². The quantitative estimate of drug-likeness (QED) is 0.650. The summed E-state index contributed by atoms with van der Waals surface area (Å²) >= 11 is 0. The van der Waals surface area contributed by atoms with E-state index in [2.05, 4.69) is 0 Å². The monoisotopic (exact) mass is 352 g/mol. The molecular formula is C15H20N4O6. The van der Waals surface area contributed by atoms with Crippen LogP contribution in [0.5, 0.6) is 0 Å². The Morgan fingerprint density at radius 3 is 2.72 bits per heavy atom. The number of likely N-dealkylation sites (N-methyl/N-ethyl adjacent to an activating group) is 1. The largest absolute Gasteiger partial charge is 0.481 e. The Bertz CT molecular complexity index is 783. The smallest absolute Gasteiger partial charge is 0.328 e. The van der Waals surface area contributed by atoms with E-state index in [1.54, 1.807) is 0 Å². The van der Waals surface area contributed by atoms with Crippen molar-refractivity contribution in [2.75, 3.05) is 26.7 Å². The molecule has 0 aliphatic carbocycles. The molecule has 136 valence electrons. The molecule has 1 atom stereocenters. The molecule has 0 saturated carbocycles. The number of nitrogens with zero attached hydrogens (tertiary/aromatic N) is 3. The highest BCUT2D eigenvalue weighted by Gasteiger charge is 2.29. The maximum absolute atomic E-state index is 12.3. The zero-order valence-corrected chi connectivity index (χ0v) is 13.8. The van der Waals surface area contributed by atoms with E-state index in [4.69, 9.17) is 5.11 Å². The number of carbonyl (C=O) groups excluding carboxylic acids is 2. The summed E-state index contributed by atoms with van der Waals surface area (Å²) in [7, 11) is 1.43. The lowest BCUT2D eigenvalue weighted by molar-refractivity contribution is -0.147. The van der Waals surface area contributed by atoms with Gasteiger partial charge in [0.15, 0.2) is 0 Å². The number of rotatable bonds is 5. The first-order chi connectivity index (χ1) is 11.8. The summed E-state index contributed by atoms with van der Waals surface area (Å²) in [4.78, 5) is 62.7. The van der Waals surface area contributed by atoms with Gasteiger partial charge in [0.2, 0.25) is 11.8 Å². The summed E-state index contributed by atoms with van der Waals surface area (Å²) in [5.74, 6) is -2.33. The van der Waals surface area contributed by atoms with Gasteiger partial charge in [0, 0.05) is 32.4 Å². The summed E-state index contributed by atoms with van der Waals surface area (Å²) in [5.41, 5.74) is -1.27. The third-order valence-corrected chi connectivity index (χ3v) is 4.12. The fourth-order valence-electron chi connectivity index (χ4n) is 2.63. The molecular weight excluding hydrogens is 332 g/mol. The fraction of sp³-hybridized carbons (Fsp3) is 0.533. The van der Waals surface area contributed by atoms with Gasteiger partial charge in [-0.15, -0.1) is 0 Å². The van der Waals surface area contributed by atoms with Crippen molar-refractivity contribution in [1.82, 2.24) is 19.4 Å². The van der Waals surface area contributed by atoms with Crippen LogP contribution in [0.1, 0.15) is 12.8 Å². The lowest BCUT2D eigenvalue weighted by Crippen LogP contribution is -2.47. The van der Waals surface area contributed by atoms with Gasteiger partial charge in [-0.25, -0.2) is 4.79 Å². The molecule has 10 heteroatoms. The van der Waals surface area contributed by atoms with E-state index < -0.39 is 29.0 Å². The summed E-state index contributed by atoms with van der Waals surface area (Å²) in [5, 5.41) is 9.06. The molecule has 0 bridgehead atoms. The second kappa shape index (κ2) is 7.77. The zero-order chi connectivity index (χ0) is 18.6. The third-order valence-electron chi connectivity index (χ3n) is 4.12. The molecule has 1 aliphatic heterocycles. The maximum atomic E-state index is 12.3. The Balaban J connectivity index is 1.93. The van der Waals surface area contributed by atoms with Crippen molar-refractivity contribution in [3.63, 3.8) is 0 Å². The number of H-pyrrole nitrogens is 1. The second-order valence-corrected chi connectivity index (χ2v) is 6.00. The van der Waals surface area contributed by atoms with E-state index in [0.29, 0.717) is 19.4 Å². The first-order valence-electron chi connectivity index (χ1n) is 7.82. The predicted molar refractivity (Wildman–Crippen MR) is 85.9 cm³/mol. The van der Waals surface area contributed by atoms with Gasteiger partial charge in [-0.2, -0.15) is 0 Å². The number of aromatic nitrogens is 2. The van der Waals surface area contributed by atoms with Gasteiger partial charge < -0.3 is 14.9 Å². The molecule has 1 saturated heterocycles. The molecule has 0 spiro atoms. The van der Waals surface area contributed by atoms with Crippen molar-refractivity contribution in [2.45, 2.75) is 19.4 Å². The lowest BCUT2D eigenvalue weighted by atomic mass is 9.98. The molecule has 2 heterocycles. The molecule has 2 N–H and O–H groups in total. The Labute approximate surface area is 142 Å². The van der Waals surface area contributed by atoms with E-state index in [9.17, 15) is 24.0 Å². The van der Waals surface area contributed by atoms with E-state index in [-0.39, 0.29) is 25.5 Å². The van der Waals surface area contributed by atoms with Crippen molar-refractivity contribution >= 4 is 17.8 Å². The highest BCUT2D eigenvalue weighted by atomic mass is 16.4. The Morgan fingerprint density at radius 2 is 2.08 bits per heavy atom. The van der Waals surface area contributed by atoms with Crippen LogP contribution in [0, 0.1) is 5.92 Å². The first kappa shape index (κ1) is 18.4. The number of nitrogens with one attached hydrogen (secondary N) is 1. The zero-order valence-electron chi connectivity index (χ0n) is 13.8. The van der Waals surface area contributed by atoms with Gasteiger partial charge >= 0.3 is 11.7 Å². The Morgan fingerprint density at radius 1 is 1.36 bits per heavy atom. The molecule has 1 aromatic rings. The van der Waals surface area contributed by atoms with Crippen LogP contribution in [0.2, 0.25) is 0 Å². The van der Waals surface area contributed by atoms with Crippen molar-refractivity contribution in [3.8, 4) is 0 Å². The van der Waals surface area contributed by atoms with Gasteiger partial charge in [0.25, 0.3) is 5.56 Å². The number of carboxylic acids is 1. The van der Waals surface area contributed by atoms with Crippen LogP contribution in [0.25, 0.3) is 0 Å². The predicted octanol–water partition coefficient (Wildman–Crippen LogP) is -1.68. The third kappa shape index (κ3) is 4.78. The molecule has 10 nitrogen and oxygen atoms in total. The molecule has 1 aromatic heterocycles. The van der Waals surface area contributed by atoms with Gasteiger partial charge in [-0.05, 0) is 12.8 Å². The summed E-state index contributed by atoms with van der Waals surface area (Å²) in [6.45, 7) is 0.0834. The number of aliphatic carboxylic acids is 1. The Kier molecular flexibility index (Phi) is 5.73. The SMILES string of the molecule is CN(CC(=O)N1CCCC(C(=O)O)C1)C(=O)Cn1ccc(=O)[nH]c1=O. The molecule has 2 amide bonds. The Hall–Kier alpha value is -2.91. The minimum Gasteiger partial charge on any atom is -0.481 e. The molecule has 2 rings (SSSR count). The fourth-order valence-corrected chi connectivity index (χ4v) is 2.63. The van der Waals surface area contributed by atoms with Crippen molar-refractivity contribution < 1.29 is 19.5 Å². The van der Waals surface area contributed by atoms with E-state index in [1.165, 1.54) is 23.0 Å². The van der Waals surface area contributed by atoms with Crippen molar-refractivity contribution in [2.24, 2.45) is 5.92 Å². The molecule has 0 aromatic carbocycles. The van der Waals surface area contributed by atoms with Crippen LogP contribution in [0.15, 0.2) is 21.9 Å². The van der Waals surface area contributed by atoms with E-state index in [0.717, 1.165) is 10.6 Å². The molecule has 0 radical (unpaired) electrons. The number of likely N-dealkylation sites (tertiary alicyclic amines) is 1. The van der Waals surface area contributed by atoms with Crippen LogP contribution in [-0.4, -0.2) is 68.9 Å². The van der Waals surface area contributed by atoms with Crippen molar-refractivity contribution in [3.05, 3.63) is 33.1 Å². The number of hydrogen-bond acceptors (Lipinski definition) is 5. The summed E-state index contributed by atoms with van der Waals surface area (Å²) in [6.07, 6.45) is 2.34. The lowest BCUT2D eigenvalue weighted by Gasteiger charge is -2.32. The normalized spacial score (nSPS) is 17.2. The standard InChI is InChI=1S/C15H20N4O6/c1-17(12(21)9-19-6-4-11(20)16-15(19)25)8-13(22)18-5-2-3-10(7-18)14(23)24/h4,6,10H,2-3,5,7-9H2,1H3,(H,23,24)(H,16,20,25). The average molecular weight is 352 g/mol. The highest BCUT2D eigenvalue weighted by Crippen LogP contribution is 2.16. The van der Waals surface area contributed by atoms with Crippen LogP contribution >= 0.6 is 0 Å². The minimum absolute atomic E-state index is 0.135. The van der Waals surface area contributed by atoms with E-state index in [1.807, 2.05) is 4.98 Å². The summed E-state index contributed by atoms with van der Waals surface area (Å²) in [6, 6.07) is 1.12. The van der Waals surface area contributed by atoms with Gasteiger partial charge in [0.1, 0.15) is 6.54 Å². The number of aromatic amines is 1. The minimum atomic E-state index is -0.931. The number of carbonyl (C=O) groups is 3. The summed E-state index contributed by atoms with van der Waals surface area (Å²) < 4.78 is 1.03. The topological polar surface area (TPSA) is 133 Å². The van der Waals surface area contributed by atoms with Gasteiger partial charge in [-0.3, -0.25) is 28.7 Å². The van der Waals surface area contributed by atoms with E-state index >= 15 is 0 Å². The van der Waals surface area contributed by atoms with Crippen molar-refractivity contribution in [1.29, 1.82) is 0 Å². The second-order valence-electron chi connectivity index (χ2n) is 6.00. The first-order valence-corrected chi connectivity index (χ1v) is 7.82.